The van der Waals surface area contributed by atoms with E-state index in [1.807, 2.05) is 12.1 Å². The van der Waals surface area contributed by atoms with Crippen LogP contribution in [0.15, 0.2) is 24.3 Å². The van der Waals surface area contributed by atoms with Crippen molar-refractivity contribution in [2.75, 3.05) is 51.3 Å². The second kappa shape index (κ2) is 9.05. The number of hydrogen-bond donors (Lipinski definition) is 3. The first-order valence-corrected chi connectivity index (χ1v) is 7.50. The van der Waals surface area contributed by atoms with Crippen LogP contribution in [0.1, 0.15) is 0 Å². The van der Waals surface area contributed by atoms with Crippen molar-refractivity contribution >= 4 is 11.7 Å². The van der Waals surface area contributed by atoms with Gasteiger partial charge in [-0.25, -0.2) is 4.99 Å². The quantitative estimate of drug-likeness (QED) is 0.497. The lowest BCUT2D eigenvalue weighted by Gasteiger charge is -2.34. The Labute approximate surface area is 149 Å². The third kappa shape index (κ3) is 5.06. The van der Waals surface area contributed by atoms with Gasteiger partial charge in [0, 0.05) is 5.69 Å². The molecule has 8 heteroatoms. The summed E-state index contributed by atoms with van der Waals surface area (Å²) in [7, 11) is 1.70. The number of benzene rings is 1. The third-order valence-electron chi connectivity index (χ3n) is 4.22. The van der Waals surface area contributed by atoms with Gasteiger partial charge in [0.25, 0.3) is 0 Å². The predicted octanol–water partition coefficient (Wildman–Crippen LogP) is -8.80. The molecular weight excluding hydrogens is 339 g/mol. The number of nitrogens with two attached hydrogens (primary N) is 1. The summed E-state index contributed by atoms with van der Waals surface area (Å²) in [5.74, 6) is 0.905. The molecule has 2 aliphatic rings. The van der Waals surface area contributed by atoms with Gasteiger partial charge in [-0.3, -0.25) is 5.73 Å². The molecule has 1 atom stereocenters. The van der Waals surface area contributed by atoms with Gasteiger partial charge in [0.1, 0.15) is 18.8 Å². The van der Waals surface area contributed by atoms with Gasteiger partial charge in [-0.15, -0.1) is 0 Å². The number of anilines is 1. The zero-order valence-corrected chi connectivity index (χ0v) is 14.7. The Bertz CT molecular complexity index is 505. The third-order valence-corrected chi connectivity index (χ3v) is 4.22. The van der Waals surface area contributed by atoms with Crippen molar-refractivity contribution in [2.24, 2.45) is 5.73 Å². The molecule has 4 N–H and O–H groups in total. The van der Waals surface area contributed by atoms with Gasteiger partial charge in [-0.1, -0.05) is 0 Å². The van der Waals surface area contributed by atoms with E-state index < -0.39 is 0 Å². The van der Waals surface area contributed by atoms with E-state index >= 15 is 0 Å². The number of nitrogens with one attached hydrogen (secondary N) is 2. The number of hydrogen-bond acceptors (Lipinski definition) is 4. The summed E-state index contributed by atoms with van der Waals surface area (Å²) < 4.78 is 10.7. The standard InChI is InChI=1S/C15H22N4O2.2ClH/c1-20-13-4-2-12(3-5-13)19-8-6-18(7-9-19)11-14-10-17-15(16)21-14;;/h2-5,14H,6-11H2,1H3,(H2,16,17);2*1H. The van der Waals surface area contributed by atoms with Crippen LogP contribution in [-0.2, 0) is 4.74 Å². The molecule has 3 rings (SSSR count). The summed E-state index contributed by atoms with van der Waals surface area (Å²) in [5.41, 5.74) is 6.88. The molecular formula is C15H24Cl2N4O2. The molecule has 0 aromatic heterocycles. The Morgan fingerprint density at radius 2 is 1.91 bits per heavy atom. The zero-order valence-electron chi connectivity index (χ0n) is 13.2. The molecule has 2 aliphatic heterocycles. The van der Waals surface area contributed by atoms with Gasteiger partial charge in [0.05, 0.1) is 33.3 Å². The minimum atomic E-state index is 0. The number of methoxy groups -OCH3 is 1. The van der Waals surface area contributed by atoms with Crippen LogP contribution in [0.2, 0.25) is 0 Å². The van der Waals surface area contributed by atoms with Crippen molar-refractivity contribution < 1.29 is 44.2 Å². The normalized spacial score (nSPS) is 20.8. The number of quaternary nitrogens is 1. The average molecular weight is 363 g/mol. The lowest BCUT2D eigenvalue weighted by Crippen LogP contribution is -3.16. The molecule has 0 spiro atoms. The van der Waals surface area contributed by atoms with Crippen LogP contribution in [0.3, 0.4) is 0 Å². The highest BCUT2D eigenvalue weighted by Crippen LogP contribution is 2.18. The summed E-state index contributed by atoms with van der Waals surface area (Å²) in [4.78, 5) is 7.05. The average Bonchev–Trinajstić information content (AvgIpc) is 2.93. The number of rotatable bonds is 4. The molecule has 0 radical (unpaired) electrons. The van der Waals surface area contributed by atoms with Crippen molar-refractivity contribution in [3.8, 4) is 5.75 Å². The van der Waals surface area contributed by atoms with E-state index in [1.165, 1.54) is 5.69 Å². The van der Waals surface area contributed by atoms with Gasteiger partial charge >= 0.3 is 6.02 Å². The summed E-state index contributed by atoms with van der Waals surface area (Å²) >= 11 is 0. The van der Waals surface area contributed by atoms with Crippen molar-refractivity contribution in [3.63, 3.8) is 0 Å². The van der Waals surface area contributed by atoms with E-state index in [9.17, 15) is 0 Å². The molecule has 1 saturated heterocycles. The highest BCUT2D eigenvalue weighted by molar-refractivity contribution is 5.65. The fraction of sp³-hybridized carbons (Fsp3) is 0.533. The minimum absolute atomic E-state index is 0. The van der Waals surface area contributed by atoms with Crippen LogP contribution >= 0.6 is 0 Å². The number of halogens is 2. The highest BCUT2D eigenvalue weighted by Gasteiger charge is 2.29. The van der Waals surface area contributed by atoms with Crippen molar-refractivity contribution in [1.29, 1.82) is 0 Å². The molecule has 23 heavy (non-hydrogen) atoms. The number of amidine groups is 1. The topological polar surface area (TPSA) is 66.1 Å². The van der Waals surface area contributed by atoms with Crippen molar-refractivity contribution in [2.45, 2.75) is 6.10 Å². The van der Waals surface area contributed by atoms with Gasteiger partial charge in [0.15, 0.2) is 6.10 Å². The first-order valence-electron chi connectivity index (χ1n) is 7.50. The highest BCUT2D eigenvalue weighted by atomic mass is 35.5. The Morgan fingerprint density at radius 1 is 1.26 bits per heavy atom. The smallest absolute Gasteiger partial charge is 0.440 e. The van der Waals surface area contributed by atoms with Crippen LogP contribution < -0.4 is 50.1 Å². The Morgan fingerprint density at radius 3 is 2.43 bits per heavy atom. The summed E-state index contributed by atoms with van der Waals surface area (Å²) in [6.07, 6.45) is 0.215. The molecule has 1 aromatic carbocycles. The Balaban J connectivity index is 0.00000132. The fourth-order valence-electron chi connectivity index (χ4n) is 2.99. The molecule has 2 heterocycles. The van der Waals surface area contributed by atoms with E-state index in [0.29, 0.717) is 6.02 Å². The largest absolute Gasteiger partial charge is 1.00 e. The molecule has 0 aliphatic carbocycles. The summed E-state index contributed by atoms with van der Waals surface area (Å²) in [5, 5.41) is 0. The van der Waals surface area contributed by atoms with Gasteiger partial charge < -0.3 is 44.1 Å². The summed E-state index contributed by atoms with van der Waals surface area (Å²) in [6.45, 7) is 6.25. The van der Waals surface area contributed by atoms with E-state index in [4.69, 9.17) is 15.2 Å². The maximum absolute atomic E-state index is 5.61. The van der Waals surface area contributed by atoms with Gasteiger partial charge in [-0.2, -0.15) is 0 Å². The molecule has 0 amide bonds. The van der Waals surface area contributed by atoms with Crippen LogP contribution in [-0.4, -0.2) is 58.5 Å². The molecule has 130 valence electrons. The van der Waals surface area contributed by atoms with E-state index in [2.05, 4.69) is 22.0 Å². The molecule has 6 nitrogen and oxygen atoms in total. The monoisotopic (exact) mass is 362 g/mol. The van der Waals surface area contributed by atoms with Crippen LogP contribution in [0.5, 0.6) is 5.75 Å². The predicted molar refractivity (Wildman–Crippen MR) is 80.7 cm³/mol. The molecule has 0 bridgehead atoms. The SMILES string of the molecule is COc1ccc(N2CC[NH+](CC3C[NH+]=C(N)O3)CC2)cc1.[Cl-].[Cl-]. The lowest BCUT2D eigenvalue weighted by molar-refractivity contribution is -0.903. The Hall–Kier alpha value is -1.37. The van der Waals surface area contributed by atoms with Gasteiger partial charge in [-0.05, 0) is 24.3 Å². The van der Waals surface area contributed by atoms with E-state index in [-0.39, 0.29) is 30.9 Å². The van der Waals surface area contributed by atoms with E-state index in [0.717, 1.165) is 45.0 Å². The number of ether oxygens (including phenoxy) is 2. The molecule has 1 unspecified atom stereocenters. The molecule has 1 fully saturated rings. The molecule has 1 aromatic rings. The zero-order chi connectivity index (χ0) is 14.7. The minimum Gasteiger partial charge on any atom is -1.00 e. The van der Waals surface area contributed by atoms with Crippen LogP contribution in [0.4, 0.5) is 5.69 Å². The maximum atomic E-state index is 5.61. The van der Waals surface area contributed by atoms with E-state index in [1.54, 1.807) is 12.0 Å². The van der Waals surface area contributed by atoms with Crippen molar-refractivity contribution in [3.05, 3.63) is 24.3 Å². The fourth-order valence-corrected chi connectivity index (χ4v) is 2.99. The number of piperazine rings is 1. The first kappa shape index (κ1) is 19.7. The second-order valence-corrected chi connectivity index (χ2v) is 5.62. The Kier molecular flexibility index (Phi) is 7.75. The first-order chi connectivity index (χ1) is 10.2. The lowest BCUT2D eigenvalue weighted by atomic mass is 10.2. The van der Waals surface area contributed by atoms with Crippen LogP contribution in [0.25, 0.3) is 0 Å². The van der Waals surface area contributed by atoms with Crippen LogP contribution in [0, 0.1) is 0 Å². The molecule has 0 saturated carbocycles. The number of nitrogens with zero attached hydrogens (tertiary/aromatic N) is 1. The maximum Gasteiger partial charge on any atom is 0.440 e. The summed E-state index contributed by atoms with van der Waals surface area (Å²) in [6, 6.07) is 8.76. The van der Waals surface area contributed by atoms with Gasteiger partial charge in [0.2, 0.25) is 0 Å². The second-order valence-electron chi connectivity index (χ2n) is 5.62. The van der Waals surface area contributed by atoms with Crippen molar-refractivity contribution in [1.82, 2.24) is 0 Å².